The van der Waals surface area contributed by atoms with Crippen LogP contribution in [-0.4, -0.2) is 16.9 Å². The Morgan fingerprint density at radius 1 is 1.24 bits per heavy atom. The van der Waals surface area contributed by atoms with Crippen LogP contribution in [0.3, 0.4) is 0 Å². The van der Waals surface area contributed by atoms with Crippen molar-refractivity contribution in [1.82, 2.24) is 10.3 Å². The minimum Gasteiger partial charge on any atom is -0.351 e. The maximum absolute atomic E-state index is 12.3. The number of aromatic amines is 1. The molecule has 3 heteroatoms. The lowest BCUT2D eigenvalue weighted by Gasteiger charge is -2.12. The fraction of sp³-hybridized carbons (Fsp3) is 0.500. The maximum Gasteiger partial charge on any atom is 0.267 e. The lowest BCUT2D eigenvalue weighted by Crippen LogP contribution is -2.32. The molecule has 2 aromatic rings. The van der Waals surface area contributed by atoms with Crippen LogP contribution in [0.4, 0.5) is 0 Å². The van der Waals surface area contributed by atoms with Crippen molar-refractivity contribution in [2.24, 2.45) is 0 Å². The van der Waals surface area contributed by atoms with Gasteiger partial charge in [-0.05, 0) is 38.5 Å². The van der Waals surface area contributed by atoms with E-state index in [1.54, 1.807) is 0 Å². The summed E-state index contributed by atoms with van der Waals surface area (Å²) in [6.07, 6.45) is 6.01. The van der Waals surface area contributed by atoms with E-state index in [0.717, 1.165) is 17.3 Å². The van der Waals surface area contributed by atoms with E-state index in [-0.39, 0.29) is 11.9 Å². The van der Waals surface area contributed by atoms with Gasteiger partial charge in [0.05, 0.1) is 0 Å². The molecule has 114 valence electrons. The molecule has 0 radical (unpaired) electrons. The molecular formula is C18H26N2O. The van der Waals surface area contributed by atoms with Gasteiger partial charge in [0.2, 0.25) is 0 Å². The molecule has 0 aliphatic rings. The minimum atomic E-state index is -0.00755. The van der Waals surface area contributed by atoms with Crippen molar-refractivity contribution in [2.75, 3.05) is 0 Å². The third kappa shape index (κ3) is 4.35. The Kier molecular flexibility index (Phi) is 5.43. The number of fused-ring (bicyclic) bond motifs is 1. The molecule has 0 saturated carbocycles. The van der Waals surface area contributed by atoms with E-state index in [4.69, 9.17) is 0 Å². The first-order valence-corrected chi connectivity index (χ1v) is 8.00. The molecule has 1 atom stereocenters. The molecule has 0 saturated heterocycles. The van der Waals surface area contributed by atoms with Gasteiger partial charge >= 0.3 is 0 Å². The molecule has 1 amide bonds. The van der Waals surface area contributed by atoms with Crippen molar-refractivity contribution in [3.63, 3.8) is 0 Å². The predicted octanol–water partition coefficient (Wildman–Crippen LogP) is 4.57. The van der Waals surface area contributed by atoms with Gasteiger partial charge in [-0.3, -0.25) is 4.79 Å². The number of rotatable bonds is 7. The number of aryl methyl sites for hydroxylation is 1. The van der Waals surface area contributed by atoms with Crippen LogP contribution in [-0.2, 0) is 0 Å². The summed E-state index contributed by atoms with van der Waals surface area (Å²) < 4.78 is 0. The van der Waals surface area contributed by atoms with Crippen LogP contribution >= 0.6 is 0 Å². The van der Waals surface area contributed by atoms with E-state index < -0.39 is 0 Å². The quantitative estimate of drug-likeness (QED) is 0.720. The topological polar surface area (TPSA) is 44.9 Å². The standard InChI is InChI=1S/C18H26N2O/c1-4-5-6-7-8-14(3)19-18(21)17-12-15-11-13(2)9-10-16(15)20-17/h9-12,14,20H,4-8H2,1-3H3,(H,19,21)/t14-/m0/s1. The minimum absolute atomic E-state index is 0.00755. The summed E-state index contributed by atoms with van der Waals surface area (Å²) in [5.41, 5.74) is 2.87. The number of unbranched alkanes of at least 4 members (excludes halogenated alkanes) is 3. The van der Waals surface area contributed by atoms with E-state index in [9.17, 15) is 4.79 Å². The van der Waals surface area contributed by atoms with Crippen molar-refractivity contribution in [1.29, 1.82) is 0 Å². The average Bonchev–Trinajstić information content (AvgIpc) is 2.86. The molecule has 1 aromatic heterocycles. The van der Waals surface area contributed by atoms with E-state index in [1.165, 1.54) is 31.2 Å². The second-order valence-electron chi connectivity index (χ2n) is 6.00. The van der Waals surface area contributed by atoms with Crippen molar-refractivity contribution in [3.8, 4) is 0 Å². The summed E-state index contributed by atoms with van der Waals surface area (Å²) in [4.78, 5) is 15.4. The lowest BCUT2D eigenvalue weighted by atomic mass is 10.1. The second-order valence-corrected chi connectivity index (χ2v) is 6.00. The molecule has 0 unspecified atom stereocenters. The molecule has 0 aliphatic carbocycles. The molecule has 21 heavy (non-hydrogen) atoms. The normalized spacial score (nSPS) is 12.5. The Bertz CT molecular complexity index is 600. The number of carbonyl (C=O) groups is 1. The lowest BCUT2D eigenvalue weighted by molar-refractivity contribution is 0.0933. The van der Waals surface area contributed by atoms with Crippen LogP contribution in [0.2, 0.25) is 0 Å². The zero-order valence-electron chi connectivity index (χ0n) is 13.3. The number of hydrogen-bond donors (Lipinski definition) is 2. The molecule has 1 aromatic carbocycles. The van der Waals surface area contributed by atoms with Gasteiger partial charge in [-0.2, -0.15) is 0 Å². The number of amides is 1. The van der Waals surface area contributed by atoms with Crippen LogP contribution in [0.15, 0.2) is 24.3 Å². The van der Waals surface area contributed by atoms with Crippen LogP contribution in [0.25, 0.3) is 10.9 Å². The maximum atomic E-state index is 12.3. The first-order valence-electron chi connectivity index (χ1n) is 8.00. The van der Waals surface area contributed by atoms with Crippen molar-refractivity contribution >= 4 is 16.8 Å². The summed E-state index contributed by atoms with van der Waals surface area (Å²) >= 11 is 0. The van der Waals surface area contributed by atoms with E-state index in [0.29, 0.717) is 5.69 Å². The van der Waals surface area contributed by atoms with Crippen molar-refractivity contribution in [2.45, 2.75) is 58.9 Å². The average molecular weight is 286 g/mol. The Labute approximate surface area is 127 Å². The Hall–Kier alpha value is -1.77. The first kappa shape index (κ1) is 15.6. The van der Waals surface area contributed by atoms with Gasteiger partial charge in [0.25, 0.3) is 5.91 Å². The molecule has 1 heterocycles. The number of nitrogens with one attached hydrogen (secondary N) is 2. The SMILES string of the molecule is CCCCCC[C@H](C)NC(=O)c1cc2cc(C)ccc2[nH]1. The predicted molar refractivity (Wildman–Crippen MR) is 88.7 cm³/mol. The zero-order chi connectivity index (χ0) is 15.2. The molecule has 0 spiro atoms. The summed E-state index contributed by atoms with van der Waals surface area (Å²) in [5, 5.41) is 4.17. The molecule has 0 fully saturated rings. The fourth-order valence-corrected chi connectivity index (χ4v) is 2.63. The van der Waals surface area contributed by atoms with Gasteiger partial charge < -0.3 is 10.3 Å². The van der Waals surface area contributed by atoms with Gasteiger partial charge in [-0.15, -0.1) is 0 Å². The largest absolute Gasteiger partial charge is 0.351 e. The van der Waals surface area contributed by atoms with Crippen molar-refractivity contribution in [3.05, 3.63) is 35.5 Å². The molecule has 0 bridgehead atoms. The van der Waals surface area contributed by atoms with Gasteiger partial charge in [-0.25, -0.2) is 0 Å². The highest BCUT2D eigenvalue weighted by atomic mass is 16.1. The smallest absolute Gasteiger partial charge is 0.267 e. The van der Waals surface area contributed by atoms with Crippen LogP contribution in [0.5, 0.6) is 0 Å². The van der Waals surface area contributed by atoms with Crippen LogP contribution < -0.4 is 5.32 Å². The van der Waals surface area contributed by atoms with E-state index in [2.05, 4.69) is 43.2 Å². The second kappa shape index (κ2) is 7.30. The Balaban J connectivity index is 1.92. The van der Waals surface area contributed by atoms with Crippen LogP contribution in [0, 0.1) is 6.92 Å². The molecule has 2 N–H and O–H groups in total. The molecule has 0 aliphatic heterocycles. The highest BCUT2D eigenvalue weighted by Crippen LogP contribution is 2.17. The van der Waals surface area contributed by atoms with Gasteiger partial charge in [0, 0.05) is 16.9 Å². The van der Waals surface area contributed by atoms with Crippen molar-refractivity contribution < 1.29 is 4.79 Å². The van der Waals surface area contributed by atoms with Gasteiger partial charge in [0.15, 0.2) is 0 Å². The summed E-state index contributed by atoms with van der Waals surface area (Å²) in [5.74, 6) is -0.00755. The Morgan fingerprint density at radius 2 is 2.05 bits per heavy atom. The monoisotopic (exact) mass is 286 g/mol. The molecule has 2 rings (SSSR count). The highest BCUT2D eigenvalue weighted by Gasteiger charge is 2.12. The third-order valence-corrected chi connectivity index (χ3v) is 3.89. The summed E-state index contributed by atoms with van der Waals surface area (Å²) in [7, 11) is 0. The number of carbonyl (C=O) groups excluding carboxylic acids is 1. The van der Waals surface area contributed by atoms with Gasteiger partial charge in [-0.1, -0.05) is 44.2 Å². The number of hydrogen-bond acceptors (Lipinski definition) is 1. The number of benzene rings is 1. The summed E-state index contributed by atoms with van der Waals surface area (Å²) in [6, 6.07) is 8.33. The number of aromatic nitrogens is 1. The number of H-pyrrole nitrogens is 1. The first-order chi connectivity index (χ1) is 10.1. The highest BCUT2D eigenvalue weighted by molar-refractivity contribution is 5.98. The van der Waals surface area contributed by atoms with E-state index >= 15 is 0 Å². The zero-order valence-corrected chi connectivity index (χ0v) is 13.3. The Morgan fingerprint density at radius 3 is 2.81 bits per heavy atom. The molecular weight excluding hydrogens is 260 g/mol. The van der Waals surface area contributed by atoms with Gasteiger partial charge in [0.1, 0.15) is 5.69 Å². The molecule has 3 nitrogen and oxygen atoms in total. The van der Waals surface area contributed by atoms with Crippen LogP contribution in [0.1, 0.15) is 62.0 Å². The summed E-state index contributed by atoms with van der Waals surface area (Å²) in [6.45, 7) is 6.35. The van der Waals surface area contributed by atoms with E-state index in [1.807, 2.05) is 12.1 Å². The third-order valence-electron chi connectivity index (χ3n) is 3.89. The fourth-order valence-electron chi connectivity index (χ4n) is 2.63.